The van der Waals surface area contributed by atoms with E-state index >= 15 is 0 Å². The summed E-state index contributed by atoms with van der Waals surface area (Å²) in [5.74, 6) is 0.387. The van der Waals surface area contributed by atoms with Crippen LogP contribution in [-0.4, -0.2) is 17.3 Å². The summed E-state index contributed by atoms with van der Waals surface area (Å²) in [5.41, 5.74) is 3.70. The Kier molecular flexibility index (Phi) is 3.49. The molecule has 2 amide bonds. The van der Waals surface area contributed by atoms with Crippen LogP contribution in [-0.2, 0) is 0 Å². The first kappa shape index (κ1) is 13.7. The van der Waals surface area contributed by atoms with Gasteiger partial charge in [-0.3, -0.25) is 0 Å². The third-order valence-electron chi connectivity index (χ3n) is 3.19. The lowest BCUT2D eigenvalue weighted by Gasteiger charge is -2.12. The van der Waals surface area contributed by atoms with Gasteiger partial charge >= 0.3 is 12.2 Å². The summed E-state index contributed by atoms with van der Waals surface area (Å²) >= 11 is 0. The first-order chi connectivity index (χ1) is 10.6. The number of hydrogen-bond acceptors (Lipinski definition) is 3. The van der Waals surface area contributed by atoms with Gasteiger partial charge in [0.05, 0.1) is 0 Å². The summed E-state index contributed by atoms with van der Waals surface area (Å²) in [6.45, 7) is 0. The minimum absolute atomic E-state index is 0.387. The molecule has 0 aliphatic rings. The van der Waals surface area contributed by atoms with Crippen molar-refractivity contribution < 1.29 is 19.4 Å². The highest BCUT2D eigenvalue weighted by molar-refractivity contribution is 6.06. The zero-order valence-corrected chi connectivity index (χ0v) is 11.4. The second kappa shape index (κ2) is 5.61. The lowest BCUT2D eigenvalue weighted by molar-refractivity contribution is 0.175. The van der Waals surface area contributed by atoms with Gasteiger partial charge in [-0.2, -0.15) is 0 Å². The summed E-state index contributed by atoms with van der Waals surface area (Å²) in [6.07, 6.45) is -2.27. The molecule has 0 unspecified atom stereocenters. The van der Waals surface area contributed by atoms with Crippen LogP contribution in [0, 0.1) is 0 Å². The van der Waals surface area contributed by atoms with Crippen LogP contribution >= 0.6 is 0 Å². The number of hydrazine groups is 1. The van der Waals surface area contributed by atoms with Crippen LogP contribution in [0.4, 0.5) is 9.59 Å². The predicted molar refractivity (Wildman–Crippen MR) is 81.8 cm³/mol. The van der Waals surface area contributed by atoms with Crippen molar-refractivity contribution in [2.45, 2.75) is 0 Å². The van der Waals surface area contributed by atoms with E-state index in [9.17, 15) is 9.59 Å². The molecule has 0 atom stereocenters. The van der Waals surface area contributed by atoms with Gasteiger partial charge < -0.3 is 9.84 Å². The van der Waals surface area contributed by atoms with E-state index in [0.29, 0.717) is 5.75 Å². The Morgan fingerprint density at radius 3 is 1.95 bits per heavy atom. The molecule has 6 nitrogen and oxygen atoms in total. The summed E-state index contributed by atoms with van der Waals surface area (Å²) < 4.78 is 5.32. The quantitative estimate of drug-likeness (QED) is 0.475. The smallest absolute Gasteiger partial charge is 0.431 e. The highest BCUT2D eigenvalue weighted by Gasteiger charge is 2.13. The summed E-state index contributed by atoms with van der Waals surface area (Å²) in [5, 5.41) is 11.9. The lowest BCUT2D eigenvalue weighted by Crippen LogP contribution is -2.42. The number of ether oxygens (including phenoxy) is 1. The van der Waals surface area contributed by atoms with E-state index in [1.165, 1.54) is 0 Å². The van der Waals surface area contributed by atoms with Crippen LogP contribution in [0.5, 0.6) is 5.75 Å². The van der Waals surface area contributed by atoms with Crippen molar-refractivity contribution in [1.29, 1.82) is 0 Å². The van der Waals surface area contributed by atoms with Gasteiger partial charge in [-0.25, -0.2) is 20.4 Å². The molecule has 0 aliphatic heterocycles. The standard InChI is InChI=1S/C16H12N2O4/c19-15(20)17-18-16(21)22-14-12-7-3-1-5-10(12)9-11-6-2-4-8-13(11)14/h1-9,17H,(H,18,21)(H,19,20). The number of amides is 2. The molecule has 0 fully saturated rings. The highest BCUT2D eigenvalue weighted by atomic mass is 16.6. The second-order valence-electron chi connectivity index (χ2n) is 4.59. The molecule has 3 rings (SSSR count). The van der Waals surface area contributed by atoms with E-state index in [-0.39, 0.29) is 0 Å². The molecule has 0 radical (unpaired) electrons. The molecule has 0 bridgehead atoms. The van der Waals surface area contributed by atoms with Crippen LogP contribution in [0.25, 0.3) is 21.5 Å². The van der Waals surface area contributed by atoms with E-state index in [4.69, 9.17) is 9.84 Å². The van der Waals surface area contributed by atoms with E-state index in [2.05, 4.69) is 0 Å². The van der Waals surface area contributed by atoms with Crippen LogP contribution in [0.3, 0.4) is 0 Å². The normalized spacial score (nSPS) is 10.4. The zero-order valence-electron chi connectivity index (χ0n) is 11.4. The first-order valence-corrected chi connectivity index (χ1v) is 6.52. The van der Waals surface area contributed by atoms with Crippen molar-refractivity contribution in [3.05, 3.63) is 54.6 Å². The number of carbonyl (C=O) groups excluding carboxylic acids is 1. The Balaban J connectivity index is 2.08. The fourth-order valence-corrected chi connectivity index (χ4v) is 2.30. The highest BCUT2D eigenvalue weighted by Crippen LogP contribution is 2.34. The Morgan fingerprint density at radius 1 is 0.864 bits per heavy atom. The van der Waals surface area contributed by atoms with Gasteiger partial charge in [0, 0.05) is 10.8 Å². The molecule has 3 aromatic carbocycles. The van der Waals surface area contributed by atoms with Gasteiger partial charge in [-0.1, -0.05) is 48.5 Å². The molecule has 22 heavy (non-hydrogen) atoms. The Hall–Kier alpha value is -3.28. The number of nitrogens with one attached hydrogen (secondary N) is 2. The molecule has 6 heteroatoms. The number of carboxylic acid groups (broad SMARTS) is 1. The maximum Gasteiger partial charge on any atom is 0.431 e. The summed E-state index contributed by atoms with van der Waals surface area (Å²) in [6, 6.07) is 17.0. The molecule has 3 aromatic rings. The van der Waals surface area contributed by atoms with Gasteiger partial charge in [0.25, 0.3) is 0 Å². The number of carbonyl (C=O) groups is 2. The Morgan fingerprint density at radius 2 is 1.41 bits per heavy atom. The minimum Gasteiger partial charge on any atom is -0.464 e. The second-order valence-corrected chi connectivity index (χ2v) is 4.59. The molecule has 0 aliphatic carbocycles. The Bertz CT molecular complexity index is 822. The van der Waals surface area contributed by atoms with E-state index in [1.807, 2.05) is 60.0 Å². The van der Waals surface area contributed by atoms with Crippen molar-refractivity contribution in [2.75, 3.05) is 0 Å². The van der Waals surface area contributed by atoms with Crippen LogP contribution < -0.4 is 15.6 Å². The average Bonchev–Trinajstić information content (AvgIpc) is 2.52. The topological polar surface area (TPSA) is 87.7 Å². The number of hydrogen-bond donors (Lipinski definition) is 3. The zero-order chi connectivity index (χ0) is 15.5. The molecule has 0 heterocycles. The van der Waals surface area contributed by atoms with Crippen LogP contribution in [0.1, 0.15) is 0 Å². The summed E-state index contributed by atoms with van der Waals surface area (Å²) in [7, 11) is 0. The number of benzene rings is 3. The van der Waals surface area contributed by atoms with Crippen LogP contribution in [0.2, 0.25) is 0 Å². The molecule has 3 N–H and O–H groups in total. The molecule has 0 saturated carbocycles. The maximum atomic E-state index is 11.7. The molecular formula is C16H12N2O4. The predicted octanol–water partition coefficient (Wildman–Crippen LogP) is 3.26. The van der Waals surface area contributed by atoms with Gasteiger partial charge in [0.1, 0.15) is 5.75 Å². The summed E-state index contributed by atoms with van der Waals surface area (Å²) in [4.78, 5) is 22.1. The molecule has 0 spiro atoms. The first-order valence-electron chi connectivity index (χ1n) is 6.52. The van der Waals surface area contributed by atoms with Crippen molar-refractivity contribution in [3.8, 4) is 5.75 Å². The maximum absolute atomic E-state index is 11.7. The fourth-order valence-electron chi connectivity index (χ4n) is 2.30. The van der Waals surface area contributed by atoms with Gasteiger partial charge in [-0.15, -0.1) is 0 Å². The minimum atomic E-state index is -1.38. The van der Waals surface area contributed by atoms with E-state index in [0.717, 1.165) is 21.5 Å². The molecule has 0 saturated heterocycles. The van der Waals surface area contributed by atoms with Gasteiger partial charge in [0.2, 0.25) is 0 Å². The monoisotopic (exact) mass is 296 g/mol. The number of fused-ring (bicyclic) bond motifs is 2. The fraction of sp³-hybridized carbons (Fsp3) is 0. The van der Waals surface area contributed by atoms with Crippen molar-refractivity contribution >= 4 is 33.7 Å². The van der Waals surface area contributed by atoms with Gasteiger partial charge in [0.15, 0.2) is 0 Å². The lowest BCUT2D eigenvalue weighted by atomic mass is 10.0. The van der Waals surface area contributed by atoms with E-state index in [1.54, 1.807) is 5.43 Å². The number of rotatable bonds is 1. The third kappa shape index (κ3) is 2.62. The average molecular weight is 296 g/mol. The van der Waals surface area contributed by atoms with Gasteiger partial charge in [-0.05, 0) is 16.8 Å². The SMILES string of the molecule is O=C(O)NNC(=O)Oc1c2ccccc2cc2ccccc12. The molecular weight excluding hydrogens is 284 g/mol. The Labute approximate surface area is 125 Å². The van der Waals surface area contributed by atoms with Crippen molar-refractivity contribution in [1.82, 2.24) is 10.9 Å². The van der Waals surface area contributed by atoms with Crippen molar-refractivity contribution in [2.24, 2.45) is 0 Å². The molecule has 110 valence electrons. The van der Waals surface area contributed by atoms with E-state index < -0.39 is 12.2 Å². The largest absolute Gasteiger partial charge is 0.464 e. The van der Waals surface area contributed by atoms with Crippen molar-refractivity contribution in [3.63, 3.8) is 0 Å². The molecule has 0 aromatic heterocycles. The van der Waals surface area contributed by atoms with Crippen LogP contribution in [0.15, 0.2) is 54.6 Å². The third-order valence-corrected chi connectivity index (χ3v) is 3.19.